The summed E-state index contributed by atoms with van der Waals surface area (Å²) in [6, 6.07) is 14.2. The van der Waals surface area contributed by atoms with Crippen LogP contribution in [0.15, 0.2) is 54.6 Å². The molecule has 2 aromatic rings. The van der Waals surface area contributed by atoms with E-state index in [2.05, 4.69) is 4.72 Å². The van der Waals surface area contributed by atoms with Gasteiger partial charge in [0.1, 0.15) is 0 Å². The van der Waals surface area contributed by atoms with Crippen molar-refractivity contribution >= 4 is 27.6 Å². The van der Waals surface area contributed by atoms with Crippen molar-refractivity contribution in [2.75, 3.05) is 11.0 Å². The smallest absolute Gasteiger partial charge is 0.341 e. The van der Waals surface area contributed by atoms with Gasteiger partial charge >= 0.3 is 5.97 Å². The Bertz CT molecular complexity index is 850. The Morgan fingerprint density at radius 1 is 1.04 bits per heavy atom. The summed E-state index contributed by atoms with van der Waals surface area (Å²) in [5, 5.41) is 0. The molecular weight excluding hydrogens is 332 g/mol. The summed E-state index contributed by atoms with van der Waals surface area (Å²) in [7, 11) is -3.58. The Kier molecular flexibility index (Phi) is 5.20. The summed E-state index contributed by atoms with van der Waals surface area (Å²) in [5.74, 6) is -1.70. The maximum absolute atomic E-state index is 12.4. The highest BCUT2D eigenvalue weighted by molar-refractivity contribution is 7.92. The van der Waals surface area contributed by atoms with Gasteiger partial charge in [-0.05, 0) is 12.1 Å². The lowest BCUT2D eigenvalue weighted by Gasteiger charge is -2.16. The molecule has 2 rings (SSSR count). The third-order valence-electron chi connectivity index (χ3n) is 3.03. The van der Waals surface area contributed by atoms with E-state index in [4.69, 9.17) is 10.5 Å². The molecule has 0 bridgehead atoms. The predicted molar refractivity (Wildman–Crippen MR) is 88.7 cm³/mol. The lowest BCUT2D eigenvalue weighted by Crippen LogP contribution is -2.26. The Morgan fingerprint density at radius 2 is 1.62 bits per heavy atom. The quantitative estimate of drug-likeness (QED) is 0.766. The van der Waals surface area contributed by atoms with E-state index in [9.17, 15) is 18.0 Å². The number of ether oxygens (including phenoxy) is 1. The molecule has 1 amide bonds. The molecule has 7 nitrogen and oxygen atoms in total. The first kappa shape index (κ1) is 17.5. The van der Waals surface area contributed by atoms with E-state index in [0.717, 1.165) is 6.26 Å². The molecule has 0 aromatic heterocycles. The zero-order valence-electron chi connectivity index (χ0n) is 12.8. The largest absolute Gasteiger partial charge is 0.444 e. The van der Waals surface area contributed by atoms with Crippen LogP contribution < -0.4 is 10.5 Å². The molecule has 0 saturated carbocycles. The molecule has 126 valence electrons. The van der Waals surface area contributed by atoms with Crippen molar-refractivity contribution in [2.24, 2.45) is 5.73 Å². The normalized spacial score (nSPS) is 12.2. The van der Waals surface area contributed by atoms with Crippen LogP contribution in [0.3, 0.4) is 0 Å². The first-order valence-electron chi connectivity index (χ1n) is 6.90. The van der Waals surface area contributed by atoms with Crippen molar-refractivity contribution < 1.29 is 22.7 Å². The van der Waals surface area contributed by atoms with E-state index in [0.29, 0.717) is 5.56 Å². The first-order chi connectivity index (χ1) is 11.3. The lowest BCUT2D eigenvalue weighted by atomic mass is 10.1. The van der Waals surface area contributed by atoms with Crippen LogP contribution in [0.4, 0.5) is 5.69 Å². The maximum Gasteiger partial charge on any atom is 0.341 e. The number of hydrogen-bond donors (Lipinski definition) is 2. The molecule has 24 heavy (non-hydrogen) atoms. The van der Waals surface area contributed by atoms with Gasteiger partial charge in [0.2, 0.25) is 16.1 Å². The van der Waals surface area contributed by atoms with Gasteiger partial charge in [-0.15, -0.1) is 0 Å². The molecule has 0 aliphatic carbocycles. The number of benzene rings is 2. The third kappa shape index (κ3) is 4.56. The second-order valence-corrected chi connectivity index (χ2v) is 6.77. The van der Waals surface area contributed by atoms with Gasteiger partial charge in [-0.25, -0.2) is 13.2 Å². The maximum atomic E-state index is 12.4. The van der Waals surface area contributed by atoms with Crippen LogP contribution in [-0.2, 0) is 19.6 Å². The zero-order chi connectivity index (χ0) is 17.7. The summed E-state index contributed by atoms with van der Waals surface area (Å²) in [6.45, 7) is 0. The highest BCUT2D eigenvalue weighted by Gasteiger charge is 2.24. The fourth-order valence-electron chi connectivity index (χ4n) is 2.04. The van der Waals surface area contributed by atoms with Crippen molar-refractivity contribution in [1.82, 2.24) is 0 Å². The Morgan fingerprint density at radius 3 is 2.21 bits per heavy atom. The Labute approximate surface area is 139 Å². The molecular formula is C16H16N2O5S. The lowest BCUT2D eigenvalue weighted by molar-refractivity contribution is -0.127. The van der Waals surface area contributed by atoms with Crippen LogP contribution in [0.2, 0.25) is 0 Å². The van der Waals surface area contributed by atoms with Crippen LogP contribution in [0.25, 0.3) is 0 Å². The van der Waals surface area contributed by atoms with Gasteiger partial charge in [0.25, 0.3) is 5.91 Å². The fourth-order valence-corrected chi connectivity index (χ4v) is 2.62. The minimum absolute atomic E-state index is 0.0230. The van der Waals surface area contributed by atoms with Gasteiger partial charge in [-0.1, -0.05) is 42.5 Å². The van der Waals surface area contributed by atoms with Gasteiger partial charge in [0, 0.05) is 5.56 Å². The molecule has 1 atom stereocenters. The van der Waals surface area contributed by atoms with Crippen molar-refractivity contribution in [3.05, 3.63) is 65.7 Å². The Hall–Kier alpha value is -2.87. The van der Waals surface area contributed by atoms with Crippen LogP contribution in [0.5, 0.6) is 0 Å². The average Bonchev–Trinajstić information content (AvgIpc) is 2.52. The van der Waals surface area contributed by atoms with E-state index in [1.54, 1.807) is 42.5 Å². The summed E-state index contributed by atoms with van der Waals surface area (Å²) < 4.78 is 30.2. The number of nitrogens with one attached hydrogen (secondary N) is 1. The number of para-hydroxylation sites is 1. The standard InChI is InChI=1S/C16H16N2O5S/c1-24(21,22)18-13-10-6-5-9-12(13)16(20)23-14(15(17)19)11-7-3-2-4-8-11/h2-10,14,18H,1H3,(H2,17,19). The minimum atomic E-state index is -3.58. The molecule has 8 heteroatoms. The number of anilines is 1. The number of carbonyl (C=O) groups excluding carboxylic acids is 2. The highest BCUT2D eigenvalue weighted by atomic mass is 32.2. The van der Waals surface area contributed by atoms with Crippen molar-refractivity contribution in [3.63, 3.8) is 0 Å². The van der Waals surface area contributed by atoms with Crippen molar-refractivity contribution in [3.8, 4) is 0 Å². The Balaban J connectivity index is 2.30. The number of rotatable bonds is 6. The SMILES string of the molecule is CS(=O)(=O)Nc1ccccc1C(=O)OC(C(N)=O)c1ccccc1. The topological polar surface area (TPSA) is 116 Å². The summed E-state index contributed by atoms with van der Waals surface area (Å²) in [5.41, 5.74) is 5.76. The van der Waals surface area contributed by atoms with Crippen molar-refractivity contribution in [2.45, 2.75) is 6.10 Å². The minimum Gasteiger partial charge on any atom is -0.444 e. The molecule has 0 spiro atoms. The van der Waals surface area contributed by atoms with Crippen LogP contribution in [0, 0.1) is 0 Å². The summed E-state index contributed by atoms with van der Waals surface area (Å²) in [4.78, 5) is 24.0. The van der Waals surface area contributed by atoms with Gasteiger partial charge in [-0.2, -0.15) is 0 Å². The summed E-state index contributed by atoms with van der Waals surface area (Å²) in [6.07, 6.45) is -0.310. The number of carbonyl (C=O) groups is 2. The van der Waals surface area contributed by atoms with E-state index >= 15 is 0 Å². The predicted octanol–water partition coefficient (Wildman–Crippen LogP) is 1.44. The molecule has 0 heterocycles. The first-order valence-corrected chi connectivity index (χ1v) is 8.79. The molecule has 0 fully saturated rings. The van der Waals surface area contributed by atoms with Crippen LogP contribution >= 0.6 is 0 Å². The second-order valence-electron chi connectivity index (χ2n) is 5.02. The highest BCUT2D eigenvalue weighted by Crippen LogP contribution is 2.22. The van der Waals surface area contributed by atoms with Gasteiger partial charge < -0.3 is 10.5 Å². The molecule has 3 N–H and O–H groups in total. The number of amides is 1. The number of primary amides is 1. The molecule has 1 unspecified atom stereocenters. The molecule has 0 saturated heterocycles. The zero-order valence-corrected chi connectivity index (χ0v) is 13.6. The second kappa shape index (κ2) is 7.14. The number of esters is 1. The monoisotopic (exact) mass is 348 g/mol. The van der Waals surface area contributed by atoms with E-state index in [1.165, 1.54) is 12.1 Å². The number of hydrogen-bond acceptors (Lipinski definition) is 5. The molecule has 0 radical (unpaired) electrons. The van der Waals surface area contributed by atoms with Gasteiger partial charge in [-0.3, -0.25) is 9.52 Å². The van der Waals surface area contributed by atoms with Crippen molar-refractivity contribution in [1.29, 1.82) is 0 Å². The average molecular weight is 348 g/mol. The van der Waals surface area contributed by atoms with Crippen LogP contribution in [0.1, 0.15) is 22.0 Å². The molecule has 2 aromatic carbocycles. The fraction of sp³-hybridized carbons (Fsp3) is 0.125. The van der Waals surface area contributed by atoms with Gasteiger partial charge in [0.15, 0.2) is 0 Å². The third-order valence-corrected chi connectivity index (χ3v) is 3.62. The number of sulfonamides is 1. The molecule has 0 aliphatic heterocycles. The van der Waals surface area contributed by atoms with E-state index in [-0.39, 0.29) is 11.3 Å². The van der Waals surface area contributed by atoms with Crippen LogP contribution in [-0.4, -0.2) is 26.6 Å². The summed E-state index contributed by atoms with van der Waals surface area (Å²) >= 11 is 0. The van der Waals surface area contributed by atoms with E-state index < -0.39 is 28.0 Å². The van der Waals surface area contributed by atoms with E-state index in [1.807, 2.05) is 0 Å². The van der Waals surface area contributed by atoms with Gasteiger partial charge in [0.05, 0.1) is 17.5 Å². The number of nitrogens with two attached hydrogens (primary N) is 1. The molecule has 0 aliphatic rings.